The van der Waals surface area contributed by atoms with Gasteiger partial charge >= 0.3 is 5.97 Å². The average molecular weight is 267 g/mol. The number of carboxylic acid groups (broad SMARTS) is 1. The van der Waals surface area contributed by atoms with Crippen LogP contribution in [0, 0.1) is 5.92 Å². The molecule has 0 spiro atoms. The van der Waals surface area contributed by atoms with Crippen molar-refractivity contribution in [3.8, 4) is 0 Å². The minimum absolute atomic E-state index is 0.480. The van der Waals surface area contributed by atoms with E-state index < -0.39 is 12.0 Å². The molecule has 1 unspecified atom stereocenters. The molecular weight excluding hydrogens is 246 g/mol. The molecule has 0 amide bonds. The van der Waals surface area contributed by atoms with Gasteiger partial charge in [0, 0.05) is 26.2 Å². The molecule has 2 heterocycles. The highest BCUT2D eigenvalue weighted by Crippen LogP contribution is 2.10. The lowest BCUT2D eigenvalue weighted by atomic mass is 10.2. The van der Waals surface area contributed by atoms with E-state index in [0.717, 1.165) is 18.9 Å². The molecule has 1 saturated heterocycles. The molecule has 2 rings (SSSR count). The van der Waals surface area contributed by atoms with Crippen LogP contribution in [0.15, 0.2) is 6.33 Å². The molecule has 0 aliphatic carbocycles. The number of carbonyl (C=O) groups is 1. The molecule has 1 atom stereocenters. The number of aliphatic carboxylic acids is 1. The summed E-state index contributed by atoms with van der Waals surface area (Å²) in [6, 6.07) is -0.488. The number of aromatic nitrogens is 3. The van der Waals surface area contributed by atoms with Gasteiger partial charge in [-0.25, -0.2) is 9.67 Å². The number of rotatable bonds is 5. The van der Waals surface area contributed by atoms with E-state index in [4.69, 9.17) is 0 Å². The third-order valence-electron chi connectivity index (χ3n) is 3.22. The van der Waals surface area contributed by atoms with Crippen LogP contribution in [0.3, 0.4) is 0 Å². The van der Waals surface area contributed by atoms with E-state index in [1.54, 1.807) is 0 Å². The lowest BCUT2D eigenvalue weighted by Gasteiger charge is -2.33. The summed E-state index contributed by atoms with van der Waals surface area (Å²) < 4.78 is 1.87. The van der Waals surface area contributed by atoms with Gasteiger partial charge in [0.25, 0.3) is 0 Å². The fraction of sp³-hybridized carbons (Fsp3) is 0.750. The molecule has 0 aromatic carbocycles. The van der Waals surface area contributed by atoms with Crippen molar-refractivity contribution >= 4 is 5.97 Å². The first kappa shape index (κ1) is 14.0. The molecular formula is C12H21N5O2. The normalized spacial score (nSPS) is 20.9. The maximum atomic E-state index is 11.2. The molecule has 2 N–H and O–H groups in total. The molecule has 1 aromatic rings. The highest BCUT2D eigenvalue weighted by atomic mass is 16.4. The minimum atomic E-state index is -0.790. The Bertz CT molecular complexity index is 432. The van der Waals surface area contributed by atoms with Crippen LogP contribution in [0.4, 0.5) is 0 Å². The lowest BCUT2D eigenvalue weighted by molar-refractivity contribution is -0.144. The fourth-order valence-electron chi connectivity index (χ4n) is 2.27. The van der Waals surface area contributed by atoms with E-state index >= 15 is 0 Å². The van der Waals surface area contributed by atoms with Crippen LogP contribution >= 0.6 is 0 Å². The monoisotopic (exact) mass is 267 g/mol. The van der Waals surface area contributed by atoms with Crippen molar-refractivity contribution in [2.75, 3.05) is 19.6 Å². The molecule has 0 saturated carbocycles. The summed E-state index contributed by atoms with van der Waals surface area (Å²) in [5.41, 5.74) is 0. The number of nitrogens with one attached hydrogen (secondary N) is 1. The van der Waals surface area contributed by atoms with Crippen LogP contribution in [0.1, 0.15) is 19.7 Å². The molecule has 7 nitrogen and oxygen atoms in total. The highest BCUT2D eigenvalue weighted by molar-refractivity contribution is 5.73. The van der Waals surface area contributed by atoms with Crippen LogP contribution in [-0.2, 0) is 17.9 Å². The maximum absolute atomic E-state index is 11.2. The Morgan fingerprint density at radius 2 is 2.42 bits per heavy atom. The Labute approximate surface area is 112 Å². The summed E-state index contributed by atoms with van der Waals surface area (Å²) in [5.74, 6) is 0.530. The second-order valence-corrected chi connectivity index (χ2v) is 5.28. The van der Waals surface area contributed by atoms with Gasteiger partial charge in [0.15, 0.2) is 0 Å². The van der Waals surface area contributed by atoms with Crippen LogP contribution in [-0.4, -0.2) is 56.4 Å². The number of piperazine rings is 1. The number of carboxylic acids is 1. The van der Waals surface area contributed by atoms with E-state index in [2.05, 4.69) is 29.2 Å². The van der Waals surface area contributed by atoms with Crippen molar-refractivity contribution < 1.29 is 9.90 Å². The Kier molecular flexibility index (Phi) is 4.49. The number of nitrogens with zero attached hydrogens (tertiary/aromatic N) is 4. The smallest absolute Gasteiger partial charge is 0.322 e. The van der Waals surface area contributed by atoms with Gasteiger partial charge in [0.1, 0.15) is 18.2 Å². The summed E-state index contributed by atoms with van der Waals surface area (Å²) in [6.07, 6.45) is 1.54. The number of hydrogen-bond acceptors (Lipinski definition) is 5. The van der Waals surface area contributed by atoms with Crippen molar-refractivity contribution in [2.45, 2.75) is 33.0 Å². The standard InChI is InChI=1S/C12H21N5O2/c1-9(2)6-17-11(14-8-15-17)7-16-4-3-13-5-10(16)12(18)19/h8-10,13H,3-7H2,1-2H3,(H,18,19). The second-order valence-electron chi connectivity index (χ2n) is 5.28. The maximum Gasteiger partial charge on any atom is 0.322 e. The topological polar surface area (TPSA) is 83.3 Å². The Morgan fingerprint density at radius 1 is 1.63 bits per heavy atom. The third kappa shape index (κ3) is 3.51. The molecule has 0 radical (unpaired) electrons. The van der Waals surface area contributed by atoms with Gasteiger partial charge in [-0.1, -0.05) is 13.8 Å². The molecule has 19 heavy (non-hydrogen) atoms. The first-order valence-electron chi connectivity index (χ1n) is 6.62. The van der Waals surface area contributed by atoms with E-state index in [-0.39, 0.29) is 0 Å². The molecule has 1 aromatic heterocycles. The summed E-state index contributed by atoms with van der Waals surface area (Å²) in [6.45, 7) is 7.58. The molecule has 1 fully saturated rings. The first-order valence-corrected chi connectivity index (χ1v) is 6.62. The summed E-state index contributed by atoms with van der Waals surface area (Å²) >= 11 is 0. The van der Waals surface area contributed by atoms with Gasteiger partial charge in [-0.05, 0) is 5.92 Å². The fourth-order valence-corrected chi connectivity index (χ4v) is 2.27. The largest absolute Gasteiger partial charge is 0.480 e. The van der Waals surface area contributed by atoms with E-state index in [0.29, 0.717) is 25.6 Å². The van der Waals surface area contributed by atoms with Crippen molar-refractivity contribution in [2.24, 2.45) is 5.92 Å². The molecule has 1 aliphatic rings. The summed E-state index contributed by atoms with van der Waals surface area (Å²) in [7, 11) is 0. The van der Waals surface area contributed by atoms with Crippen LogP contribution < -0.4 is 5.32 Å². The van der Waals surface area contributed by atoms with Gasteiger partial charge in [-0.3, -0.25) is 9.69 Å². The molecule has 0 bridgehead atoms. The van der Waals surface area contributed by atoms with Crippen LogP contribution in [0.5, 0.6) is 0 Å². The summed E-state index contributed by atoms with van der Waals surface area (Å²) in [5, 5.41) is 16.5. The van der Waals surface area contributed by atoms with Crippen molar-refractivity contribution in [1.29, 1.82) is 0 Å². The predicted molar refractivity (Wildman–Crippen MR) is 69.6 cm³/mol. The van der Waals surface area contributed by atoms with E-state index in [9.17, 15) is 9.90 Å². The summed E-state index contributed by atoms with van der Waals surface area (Å²) in [4.78, 5) is 17.4. The van der Waals surface area contributed by atoms with Gasteiger partial charge in [-0.15, -0.1) is 0 Å². The second kappa shape index (κ2) is 6.12. The highest BCUT2D eigenvalue weighted by Gasteiger charge is 2.29. The zero-order valence-corrected chi connectivity index (χ0v) is 11.4. The Hall–Kier alpha value is -1.47. The third-order valence-corrected chi connectivity index (χ3v) is 3.22. The van der Waals surface area contributed by atoms with Crippen LogP contribution in [0.25, 0.3) is 0 Å². The van der Waals surface area contributed by atoms with Crippen molar-refractivity contribution in [3.05, 3.63) is 12.2 Å². The first-order chi connectivity index (χ1) is 9.08. The molecule has 7 heteroatoms. The van der Waals surface area contributed by atoms with Gasteiger partial charge in [0.05, 0.1) is 6.54 Å². The number of hydrogen-bond donors (Lipinski definition) is 2. The molecule has 1 aliphatic heterocycles. The van der Waals surface area contributed by atoms with Gasteiger partial charge in [0.2, 0.25) is 0 Å². The Balaban J connectivity index is 2.06. The van der Waals surface area contributed by atoms with Gasteiger partial charge < -0.3 is 10.4 Å². The van der Waals surface area contributed by atoms with Crippen molar-refractivity contribution in [3.63, 3.8) is 0 Å². The zero-order valence-electron chi connectivity index (χ0n) is 11.4. The van der Waals surface area contributed by atoms with E-state index in [1.807, 2.05) is 9.58 Å². The quantitative estimate of drug-likeness (QED) is 0.768. The van der Waals surface area contributed by atoms with Gasteiger partial charge in [-0.2, -0.15) is 5.10 Å². The Morgan fingerprint density at radius 3 is 3.11 bits per heavy atom. The molecule has 106 valence electrons. The SMILES string of the molecule is CC(C)Cn1ncnc1CN1CCNCC1C(=O)O. The van der Waals surface area contributed by atoms with E-state index in [1.165, 1.54) is 6.33 Å². The minimum Gasteiger partial charge on any atom is -0.480 e. The zero-order chi connectivity index (χ0) is 13.8. The lowest BCUT2D eigenvalue weighted by Crippen LogP contribution is -2.54. The van der Waals surface area contributed by atoms with Crippen molar-refractivity contribution in [1.82, 2.24) is 25.0 Å². The predicted octanol–water partition coefficient (Wildman–Crippen LogP) is -0.207. The average Bonchev–Trinajstić information content (AvgIpc) is 2.76. The van der Waals surface area contributed by atoms with Crippen LogP contribution in [0.2, 0.25) is 0 Å².